The Morgan fingerprint density at radius 1 is 1.33 bits per heavy atom. The third-order valence-electron chi connectivity index (χ3n) is 2.93. The molecular formula is C14H14Cl2N4O. The molecule has 5 nitrogen and oxygen atoms in total. The summed E-state index contributed by atoms with van der Waals surface area (Å²) in [5.74, 6) is -0.0340. The summed E-state index contributed by atoms with van der Waals surface area (Å²) >= 11 is 12.3. The highest BCUT2D eigenvalue weighted by molar-refractivity contribution is 6.35. The van der Waals surface area contributed by atoms with E-state index in [0.29, 0.717) is 22.3 Å². The van der Waals surface area contributed by atoms with Crippen LogP contribution in [0, 0.1) is 6.92 Å². The first-order valence-electron chi connectivity index (χ1n) is 6.13. The number of nitrogens with zero attached hydrogens (tertiary/aromatic N) is 2. The van der Waals surface area contributed by atoms with Crippen LogP contribution in [0.15, 0.2) is 35.6 Å². The van der Waals surface area contributed by atoms with E-state index in [1.807, 2.05) is 13.0 Å². The van der Waals surface area contributed by atoms with Crippen molar-refractivity contribution in [3.05, 3.63) is 57.3 Å². The van der Waals surface area contributed by atoms with Crippen molar-refractivity contribution in [3.63, 3.8) is 0 Å². The van der Waals surface area contributed by atoms with Crippen LogP contribution < -0.4 is 11.1 Å². The van der Waals surface area contributed by atoms with E-state index < -0.39 is 0 Å². The van der Waals surface area contributed by atoms with Gasteiger partial charge in [-0.3, -0.25) is 4.98 Å². The van der Waals surface area contributed by atoms with E-state index >= 15 is 0 Å². The van der Waals surface area contributed by atoms with Crippen molar-refractivity contribution in [2.75, 3.05) is 5.32 Å². The summed E-state index contributed by atoms with van der Waals surface area (Å²) in [4.78, 5) is 4.02. The Morgan fingerprint density at radius 2 is 2.10 bits per heavy atom. The first kappa shape index (κ1) is 15.4. The first-order valence-corrected chi connectivity index (χ1v) is 6.89. The second kappa shape index (κ2) is 6.65. The summed E-state index contributed by atoms with van der Waals surface area (Å²) < 4.78 is 0. The lowest BCUT2D eigenvalue weighted by molar-refractivity contribution is 0.318. The van der Waals surface area contributed by atoms with Crippen molar-refractivity contribution >= 4 is 34.7 Å². The van der Waals surface area contributed by atoms with E-state index in [1.165, 1.54) is 0 Å². The zero-order chi connectivity index (χ0) is 15.4. The fourth-order valence-electron chi connectivity index (χ4n) is 1.75. The molecule has 0 amide bonds. The van der Waals surface area contributed by atoms with Gasteiger partial charge in [-0.25, -0.2) is 0 Å². The smallest absolute Gasteiger partial charge is 0.188 e. The summed E-state index contributed by atoms with van der Waals surface area (Å²) in [7, 11) is 0. The fourth-order valence-corrected chi connectivity index (χ4v) is 2.20. The predicted octanol–water partition coefficient (Wildman–Crippen LogP) is 3.40. The number of nitrogens with one attached hydrogen (secondary N) is 1. The normalized spacial score (nSPS) is 11.5. The average Bonchev–Trinajstić information content (AvgIpc) is 2.49. The summed E-state index contributed by atoms with van der Waals surface area (Å²) in [5.41, 5.74) is 8.50. The fraction of sp³-hybridized carbons (Fsp3) is 0.143. The van der Waals surface area contributed by atoms with E-state index in [0.717, 1.165) is 16.8 Å². The zero-order valence-electron chi connectivity index (χ0n) is 11.3. The van der Waals surface area contributed by atoms with E-state index in [4.69, 9.17) is 34.1 Å². The van der Waals surface area contributed by atoms with Crippen LogP contribution in [0.3, 0.4) is 0 Å². The van der Waals surface area contributed by atoms with Crippen LogP contribution in [0.25, 0.3) is 0 Å². The van der Waals surface area contributed by atoms with Crippen molar-refractivity contribution in [3.8, 4) is 0 Å². The molecule has 4 N–H and O–H groups in total. The second-order valence-electron chi connectivity index (χ2n) is 4.47. The summed E-state index contributed by atoms with van der Waals surface area (Å²) in [6, 6.07) is 7.14. The molecule has 0 spiro atoms. The van der Waals surface area contributed by atoms with Gasteiger partial charge in [-0.15, -0.1) is 0 Å². The maximum absolute atomic E-state index is 8.66. The molecule has 1 aromatic heterocycles. The van der Waals surface area contributed by atoms with Gasteiger partial charge in [0.25, 0.3) is 0 Å². The molecule has 110 valence electrons. The molecule has 7 heteroatoms. The summed E-state index contributed by atoms with van der Waals surface area (Å²) in [6.45, 7) is 2.40. The topological polar surface area (TPSA) is 83.5 Å². The molecular weight excluding hydrogens is 311 g/mol. The third-order valence-corrected chi connectivity index (χ3v) is 3.65. The molecule has 0 aliphatic heterocycles. The van der Waals surface area contributed by atoms with Crippen LogP contribution in [0.1, 0.15) is 16.8 Å². The molecule has 0 aliphatic rings. The van der Waals surface area contributed by atoms with Gasteiger partial charge in [0.15, 0.2) is 5.84 Å². The van der Waals surface area contributed by atoms with E-state index in [9.17, 15) is 0 Å². The van der Waals surface area contributed by atoms with Gasteiger partial charge in [0, 0.05) is 17.8 Å². The SMILES string of the molecule is Cc1cc(Cl)c(NCc2ccnc(/C(N)=N/O)c2)cc1Cl. The minimum Gasteiger partial charge on any atom is -0.409 e. The second-order valence-corrected chi connectivity index (χ2v) is 5.28. The Kier molecular flexibility index (Phi) is 4.88. The van der Waals surface area contributed by atoms with Crippen molar-refractivity contribution in [1.82, 2.24) is 4.98 Å². The highest BCUT2D eigenvalue weighted by Crippen LogP contribution is 2.29. The van der Waals surface area contributed by atoms with E-state index in [-0.39, 0.29) is 5.84 Å². The van der Waals surface area contributed by atoms with E-state index in [1.54, 1.807) is 24.4 Å². The van der Waals surface area contributed by atoms with Crippen LogP contribution in [0.5, 0.6) is 0 Å². The van der Waals surface area contributed by atoms with Crippen molar-refractivity contribution < 1.29 is 5.21 Å². The van der Waals surface area contributed by atoms with Crippen molar-refractivity contribution in [2.45, 2.75) is 13.5 Å². The number of amidine groups is 1. The lowest BCUT2D eigenvalue weighted by Gasteiger charge is -2.11. The monoisotopic (exact) mass is 324 g/mol. The van der Waals surface area contributed by atoms with Gasteiger partial charge in [0.2, 0.25) is 0 Å². The lowest BCUT2D eigenvalue weighted by atomic mass is 10.2. The van der Waals surface area contributed by atoms with Crippen LogP contribution >= 0.6 is 23.2 Å². The number of benzene rings is 1. The molecule has 0 saturated heterocycles. The number of anilines is 1. The maximum atomic E-state index is 8.66. The Labute approximate surface area is 132 Å². The minimum absolute atomic E-state index is 0.0340. The molecule has 21 heavy (non-hydrogen) atoms. The number of oxime groups is 1. The summed E-state index contributed by atoms with van der Waals surface area (Å²) in [5, 5.41) is 16.0. The number of aryl methyl sites for hydroxylation is 1. The molecule has 1 aromatic carbocycles. The molecule has 2 rings (SSSR count). The van der Waals surface area contributed by atoms with E-state index in [2.05, 4.69) is 15.5 Å². The number of hydrogen-bond acceptors (Lipinski definition) is 4. The lowest BCUT2D eigenvalue weighted by Crippen LogP contribution is -2.15. The number of aromatic nitrogens is 1. The number of hydrogen-bond donors (Lipinski definition) is 3. The van der Waals surface area contributed by atoms with Gasteiger partial charge in [0.05, 0.1) is 10.7 Å². The standard InChI is InChI=1S/C14H14Cl2N4O/c1-8-4-11(16)12(6-10(8)15)19-7-9-2-3-18-13(5-9)14(17)20-21/h2-6,19,21H,7H2,1H3,(H2,17,20). The minimum atomic E-state index is -0.0340. The molecule has 0 bridgehead atoms. The molecule has 1 heterocycles. The third kappa shape index (κ3) is 3.77. The van der Waals surface area contributed by atoms with Crippen LogP contribution in [-0.4, -0.2) is 16.0 Å². The van der Waals surface area contributed by atoms with Crippen molar-refractivity contribution in [2.24, 2.45) is 10.9 Å². The van der Waals surface area contributed by atoms with Gasteiger partial charge in [-0.2, -0.15) is 0 Å². The molecule has 0 saturated carbocycles. The Bertz CT molecular complexity index is 689. The largest absolute Gasteiger partial charge is 0.409 e. The maximum Gasteiger partial charge on any atom is 0.188 e. The highest BCUT2D eigenvalue weighted by atomic mass is 35.5. The predicted molar refractivity (Wildman–Crippen MR) is 85.3 cm³/mol. The van der Waals surface area contributed by atoms with Crippen LogP contribution in [-0.2, 0) is 6.54 Å². The number of rotatable bonds is 4. The van der Waals surface area contributed by atoms with Crippen molar-refractivity contribution in [1.29, 1.82) is 0 Å². The molecule has 0 radical (unpaired) electrons. The molecule has 2 aromatic rings. The number of nitrogens with two attached hydrogens (primary N) is 1. The Balaban J connectivity index is 2.15. The van der Waals surface area contributed by atoms with Gasteiger partial charge in [-0.05, 0) is 42.3 Å². The van der Waals surface area contributed by atoms with Gasteiger partial charge in [-0.1, -0.05) is 28.4 Å². The number of pyridine rings is 1. The number of halogens is 2. The quantitative estimate of drug-likeness (QED) is 0.348. The van der Waals surface area contributed by atoms with Gasteiger partial charge >= 0.3 is 0 Å². The highest BCUT2D eigenvalue weighted by Gasteiger charge is 2.06. The first-order chi connectivity index (χ1) is 10.0. The Morgan fingerprint density at radius 3 is 2.81 bits per heavy atom. The van der Waals surface area contributed by atoms with Crippen LogP contribution in [0.2, 0.25) is 10.0 Å². The average molecular weight is 325 g/mol. The zero-order valence-corrected chi connectivity index (χ0v) is 12.8. The summed E-state index contributed by atoms with van der Waals surface area (Å²) in [6.07, 6.45) is 1.59. The Hall–Kier alpha value is -1.98. The molecule has 0 fully saturated rings. The van der Waals surface area contributed by atoms with Gasteiger partial charge < -0.3 is 16.3 Å². The molecule has 0 atom stereocenters. The molecule has 0 unspecified atom stereocenters. The van der Waals surface area contributed by atoms with Crippen LogP contribution in [0.4, 0.5) is 5.69 Å². The molecule has 0 aliphatic carbocycles. The van der Waals surface area contributed by atoms with Gasteiger partial charge in [0.1, 0.15) is 5.69 Å².